The Hall–Kier alpha value is -3.90. The van der Waals surface area contributed by atoms with Crippen LogP contribution in [0.25, 0.3) is 22.4 Å². The van der Waals surface area contributed by atoms with Gasteiger partial charge in [-0.05, 0) is 48.0 Å². The second-order valence-electron chi connectivity index (χ2n) is 7.29. The maximum Gasteiger partial charge on any atom is 0.228 e. The first-order valence-corrected chi connectivity index (χ1v) is 10.3. The van der Waals surface area contributed by atoms with Crippen molar-refractivity contribution in [3.63, 3.8) is 0 Å². The predicted molar refractivity (Wildman–Crippen MR) is 122 cm³/mol. The van der Waals surface area contributed by atoms with Gasteiger partial charge in [-0.2, -0.15) is 0 Å². The second kappa shape index (κ2) is 8.32. The summed E-state index contributed by atoms with van der Waals surface area (Å²) >= 11 is 6.02. The maximum absolute atomic E-state index is 13.4. The first-order valence-electron chi connectivity index (χ1n) is 9.94. The fourth-order valence-corrected chi connectivity index (χ4v) is 3.77. The van der Waals surface area contributed by atoms with Crippen LogP contribution in [0.1, 0.15) is 21.6 Å². The molecule has 0 radical (unpaired) electrons. The maximum atomic E-state index is 13.4. The third-order valence-corrected chi connectivity index (χ3v) is 5.50. The van der Waals surface area contributed by atoms with E-state index in [0.717, 1.165) is 16.5 Å². The van der Waals surface area contributed by atoms with Gasteiger partial charge in [-0.15, -0.1) is 0 Å². The zero-order chi connectivity index (χ0) is 22.1. The average Bonchev–Trinajstić information content (AvgIpc) is 3.46. The zero-order valence-electron chi connectivity index (χ0n) is 17.2. The first kappa shape index (κ1) is 20.0. The molecule has 0 N–H and O–H groups in total. The number of oxazole rings is 1. The number of rotatable bonds is 6. The summed E-state index contributed by atoms with van der Waals surface area (Å²) in [4.78, 5) is 21.9. The van der Waals surface area contributed by atoms with Gasteiger partial charge in [-0.1, -0.05) is 23.7 Å². The van der Waals surface area contributed by atoms with Crippen molar-refractivity contribution < 1.29 is 13.9 Å². The lowest BCUT2D eigenvalue weighted by atomic mass is 10.1. The number of hydrogen-bond acceptors (Lipinski definition) is 5. The Kier molecular flexibility index (Phi) is 5.21. The van der Waals surface area contributed by atoms with Gasteiger partial charge in [0.25, 0.3) is 0 Å². The van der Waals surface area contributed by atoms with Crippen LogP contribution in [0.4, 0.5) is 0 Å². The fourth-order valence-electron chi connectivity index (χ4n) is 3.64. The van der Waals surface area contributed by atoms with E-state index in [2.05, 4.69) is 9.97 Å². The number of nitrogens with zero attached hydrogens (tertiary/aromatic N) is 3. The third kappa shape index (κ3) is 3.76. The molecule has 0 bridgehead atoms. The van der Waals surface area contributed by atoms with E-state index >= 15 is 0 Å². The number of ketones is 1. The van der Waals surface area contributed by atoms with Crippen LogP contribution < -0.4 is 4.74 Å². The van der Waals surface area contributed by atoms with Crippen molar-refractivity contribution in [3.8, 4) is 17.2 Å². The molecular formula is C25H18ClN3O3. The smallest absolute Gasteiger partial charge is 0.228 e. The SMILES string of the molecule is COc1ccc2c(c1)c(C(=O)c1coc(-c3cccnc3)n1)cn2Cc1ccc(Cl)cc1. The van der Waals surface area contributed by atoms with Crippen LogP contribution >= 0.6 is 11.6 Å². The van der Waals surface area contributed by atoms with Gasteiger partial charge < -0.3 is 13.7 Å². The summed E-state index contributed by atoms with van der Waals surface area (Å²) in [5.74, 6) is 0.799. The van der Waals surface area contributed by atoms with Crippen molar-refractivity contribution in [2.45, 2.75) is 6.54 Å². The Morgan fingerprint density at radius 3 is 2.75 bits per heavy atom. The van der Waals surface area contributed by atoms with Crippen molar-refractivity contribution in [1.29, 1.82) is 0 Å². The number of methoxy groups -OCH3 is 1. The van der Waals surface area contributed by atoms with Gasteiger partial charge >= 0.3 is 0 Å². The Labute approximate surface area is 189 Å². The summed E-state index contributed by atoms with van der Waals surface area (Å²) in [6, 6.07) is 17.0. The Bertz CT molecular complexity index is 1410. The van der Waals surface area contributed by atoms with Crippen molar-refractivity contribution in [2.75, 3.05) is 7.11 Å². The monoisotopic (exact) mass is 443 g/mol. The molecule has 0 fully saturated rings. The number of benzene rings is 2. The van der Waals surface area contributed by atoms with E-state index in [1.165, 1.54) is 6.26 Å². The molecule has 0 spiro atoms. The predicted octanol–water partition coefficient (Wildman–Crippen LogP) is 5.63. The minimum atomic E-state index is -0.225. The van der Waals surface area contributed by atoms with Crippen LogP contribution in [-0.2, 0) is 6.54 Å². The average molecular weight is 444 g/mol. The molecule has 2 aromatic carbocycles. The van der Waals surface area contributed by atoms with E-state index < -0.39 is 0 Å². The van der Waals surface area contributed by atoms with Gasteiger partial charge in [0.15, 0.2) is 5.69 Å². The Balaban J connectivity index is 1.56. The van der Waals surface area contributed by atoms with Gasteiger partial charge in [-0.25, -0.2) is 4.98 Å². The minimum absolute atomic E-state index is 0.225. The molecule has 3 aromatic heterocycles. The highest BCUT2D eigenvalue weighted by atomic mass is 35.5. The van der Waals surface area contributed by atoms with Crippen LogP contribution in [0.15, 0.2) is 83.9 Å². The normalized spacial score (nSPS) is 11.1. The highest BCUT2D eigenvalue weighted by Crippen LogP contribution is 2.29. The van der Waals surface area contributed by atoms with E-state index in [0.29, 0.717) is 34.3 Å². The van der Waals surface area contributed by atoms with Crippen molar-refractivity contribution in [2.24, 2.45) is 0 Å². The number of aromatic nitrogens is 3. The van der Waals surface area contributed by atoms with Crippen molar-refractivity contribution in [3.05, 3.63) is 101 Å². The zero-order valence-corrected chi connectivity index (χ0v) is 17.9. The lowest BCUT2D eigenvalue weighted by Gasteiger charge is -2.06. The van der Waals surface area contributed by atoms with Crippen LogP contribution in [0, 0.1) is 0 Å². The van der Waals surface area contributed by atoms with Crippen LogP contribution in [0.2, 0.25) is 5.02 Å². The van der Waals surface area contributed by atoms with Gasteiger partial charge in [0, 0.05) is 46.6 Å². The summed E-state index contributed by atoms with van der Waals surface area (Å²) in [7, 11) is 1.60. The summed E-state index contributed by atoms with van der Waals surface area (Å²) in [6.07, 6.45) is 6.54. The number of carbonyl (C=O) groups is 1. The van der Waals surface area contributed by atoms with Gasteiger partial charge in [0.1, 0.15) is 12.0 Å². The second-order valence-corrected chi connectivity index (χ2v) is 7.73. The van der Waals surface area contributed by atoms with Crippen molar-refractivity contribution in [1.82, 2.24) is 14.5 Å². The topological polar surface area (TPSA) is 70.2 Å². The first-order chi connectivity index (χ1) is 15.6. The van der Waals surface area contributed by atoms with E-state index in [1.54, 1.807) is 25.6 Å². The molecule has 7 heteroatoms. The number of halogens is 1. The lowest BCUT2D eigenvalue weighted by Crippen LogP contribution is -2.02. The van der Waals surface area contributed by atoms with Gasteiger partial charge in [-0.3, -0.25) is 9.78 Å². The summed E-state index contributed by atoms with van der Waals surface area (Å²) in [6.45, 7) is 0.590. The largest absolute Gasteiger partial charge is 0.497 e. The molecule has 0 atom stereocenters. The molecule has 0 aliphatic rings. The molecule has 5 rings (SSSR count). The van der Waals surface area contributed by atoms with E-state index in [-0.39, 0.29) is 11.5 Å². The van der Waals surface area contributed by atoms with Crippen LogP contribution in [0.5, 0.6) is 5.75 Å². The highest BCUT2D eigenvalue weighted by Gasteiger charge is 2.21. The molecule has 32 heavy (non-hydrogen) atoms. The summed E-state index contributed by atoms with van der Waals surface area (Å²) < 4.78 is 13.0. The molecule has 6 nitrogen and oxygen atoms in total. The Morgan fingerprint density at radius 1 is 1.16 bits per heavy atom. The molecule has 0 amide bonds. The standard InChI is InChI=1S/C25H18ClN3O3/c1-31-19-8-9-23-20(11-19)21(14-29(23)13-16-4-6-18(26)7-5-16)24(30)22-15-32-25(28-22)17-3-2-10-27-12-17/h2-12,14-15H,13H2,1H3. The number of pyridine rings is 1. The number of fused-ring (bicyclic) bond motifs is 1. The Morgan fingerprint density at radius 2 is 2.00 bits per heavy atom. The molecule has 0 unspecified atom stereocenters. The fraction of sp³-hybridized carbons (Fsp3) is 0.0800. The quantitative estimate of drug-likeness (QED) is 0.318. The molecule has 0 aliphatic carbocycles. The number of ether oxygens (including phenoxy) is 1. The van der Waals surface area contributed by atoms with Crippen LogP contribution in [0.3, 0.4) is 0 Å². The van der Waals surface area contributed by atoms with E-state index in [9.17, 15) is 4.79 Å². The van der Waals surface area contributed by atoms with Crippen LogP contribution in [-0.4, -0.2) is 27.4 Å². The lowest BCUT2D eigenvalue weighted by molar-refractivity contribution is 0.103. The highest BCUT2D eigenvalue weighted by molar-refractivity contribution is 6.30. The summed E-state index contributed by atoms with van der Waals surface area (Å²) in [5, 5.41) is 1.47. The minimum Gasteiger partial charge on any atom is -0.497 e. The number of carbonyl (C=O) groups excluding carboxylic acids is 1. The molecular weight excluding hydrogens is 426 g/mol. The molecule has 158 valence electrons. The molecule has 0 aliphatic heterocycles. The molecule has 3 heterocycles. The van der Waals surface area contributed by atoms with E-state index in [1.807, 2.05) is 59.3 Å². The molecule has 5 aromatic rings. The summed E-state index contributed by atoms with van der Waals surface area (Å²) in [5.41, 5.74) is 3.45. The third-order valence-electron chi connectivity index (χ3n) is 5.24. The van der Waals surface area contributed by atoms with E-state index in [4.69, 9.17) is 20.8 Å². The number of hydrogen-bond donors (Lipinski definition) is 0. The van der Waals surface area contributed by atoms with Crippen molar-refractivity contribution >= 4 is 28.3 Å². The molecule has 0 saturated heterocycles. The molecule has 0 saturated carbocycles. The van der Waals surface area contributed by atoms with Gasteiger partial charge in [0.2, 0.25) is 11.7 Å². The van der Waals surface area contributed by atoms with Gasteiger partial charge in [0.05, 0.1) is 12.7 Å².